The molecule has 0 radical (unpaired) electrons. The monoisotopic (exact) mass is 301 g/mol. The molecule has 0 amide bonds. The lowest BCUT2D eigenvalue weighted by Gasteiger charge is -2.21. The van der Waals surface area contributed by atoms with Crippen LogP contribution >= 0.6 is 0 Å². The molecule has 9 nitrogen and oxygen atoms in total. The number of aryl methyl sites for hydroxylation is 2. The average molecular weight is 301 g/mol. The molecular formula is C12H19N3O6. The van der Waals surface area contributed by atoms with Crippen molar-refractivity contribution in [2.24, 2.45) is 0 Å². The summed E-state index contributed by atoms with van der Waals surface area (Å²) < 4.78 is 0. The minimum Gasteiger partial charge on any atom is -0.394 e. The summed E-state index contributed by atoms with van der Waals surface area (Å²) in [6, 6.07) is 1.36. The maximum Gasteiger partial charge on any atom is 0.311 e. The first-order valence-electron chi connectivity index (χ1n) is 6.29. The number of nitrogens with one attached hydrogen (secondary N) is 1. The van der Waals surface area contributed by atoms with Crippen LogP contribution in [0.2, 0.25) is 0 Å². The van der Waals surface area contributed by atoms with Crippen molar-refractivity contribution in [3.63, 3.8) is 0 Å². The molecule has 9 heteroatoms. The number of hydrogen-bond acceptors (Lipinski definition) is 8. The van der Waals surface area contributed by atoms with E-state index in [1.54, 1.807) is 13.8 Å². The van der Waals surface area contributed by atoms with Crippen molar-refractivity contribution < 1.29 is 25.3 Å². The molecule has 0 saturated heterocycles. The van der Waals surface area contributed by atoms with Gasteiger partial charge in [-0.1, -0.05) is 0 Å². The van der Waals surface area contributed by atoms with Crippen molar-refractivity contribution in [3.05, 3.63) is 27.4 Å². The van der Waals surface area contributed by atoms with Gasteiger partial charge in [0.15, 0.2) is 0 Å². The number of pyridine rings is 1. The van der Waals surface area contributed by atoms with Crippen molar-refractivity contribution in [2.75, 3.05) is 18.5 Å². The molecule has 0 fully saturated rings. The molecule has 118 valence electrons. The van der Waals surface area contributed by atoms with Crippen LogP contribution in [-0.4, -0.2) is 61.8 Å². The quantitative estimate of drug-likeness (QED) is 0.321. The summed E-state index contributed by atoms with van der Waals surface area (Å²) in [5.41, 5.74) is 1.000. The van der Waals surface area contributed by atoms with Gasteiger partial charge in [-0.15, -0.1) is 0 Å². The number of anilines is 1. The maximum absolute atomic E-state index is 11.0. The van der Waals surface area contributed by atoms with Gasteiger partial charge in [-0.3, -0.25) is 10.1 Å². The molecule has 0 bridgehead atoms. The van der Waals surface area contributed by atoms with E-state index < -0.39 is 29.8 Å². The smallest absolute Gasteiger partial charge is 0.311 e. The molecule has 0 spiro atoms. The highest BCUT2D eigenvalue weighted by molar-refractivity contribution is 5.57. The Hall–Kier alpha value is -1.81. The van der Waals surface area contributed by atoms with Crippen molar-refractivity contribution in [3.8, 4) is 0 Å². The first-order chi connectivity index (χ1) is 9.77. The Labute approximate surface area is 121 Å². The molecular weight excluding hydrogens is 282 g/mol. The third kappa shape index (κ3) is 4.33. The van der Waals surface area contributed by atoms with Gasteiger partial charge in [0, 0.05) is 18.3 Å². The number of rotatable bonds is 7. The lowest BCUT2D eigenvalue weighted by atomic mass is 10.1. The van der Waals surface area contributed by atoms with Gasteiger partial charge in [-0.25, -0.2) is 4.98 Å². The van der Waals surface area contributed by atoms with E-state index in [1.807, 2.05) is 0 Å². The minimum atomic E-state index is -1.58. The molecule has 0 aliphatic heterocycles. The van der Waals surface area contributed by atoms with Crippen LogP contribution in [0.5, 0.6) is 0 Å². The zero-order valence-electron chi connectivity index (χ0n) is 11.7. The van der Waals surface area contributed by atoms with Crippen molar-refractivity contribution in [1.82, 2.24) is 4.98 Å². The minimum absolute atomic E-state index is 0.0344. The Balaban J connectivity index is 2.84. The van der Waals surface area contributed by atoms with Crippen LogP contribution in [0.1, 0.15) is 11.3 Å². The van der Waals surface area contributed by atoms with Crippen LogP contribution in [0.15, 0.2) is 6.07 Å². The molecule has 5 N–H and O–H groups in total. The molecule has 1 rings (SSSR count). The van der Waals surface area contributed by atoms with E-state index in [2.05, 4.69) is 10.3 Å². The van der Waals surface area contributed by atoms with Gasteiger partial charge < -0.3 is 25.7 Å². The lowest BCUT2D eigenvalue weighted by molar-refractivity contribution is -0.384. The predicted molar refractivity (Wildman–Crippen MR) is 74.0 cm³/mol. The van der Waals surface area contributed by atoms with Gasteiger partial charge in [0.1, 0.15) is 12.2 Å². The van der Waals surface area contributed by atoms with Crippen molar-refractivity contribution >= 4 is 11.5 Å². The molecule has 1 aromatic rings. The maximum atomic E-state index is 11.0. The number of aliphatic hydroxyl groups excluding tert-OH is 4. The largest absolute Gasteiger partial charge is 0.394 e. The van der Waals surface area contributed by atoms with Gasteiger partial charge in [0.25, 0.3) is 0 Å². The third-order valence-electron chi connectivity index (χ3n) is 3.10. The molecule has 0 aliphatic carbocycles. The fourth-order valence-corrected chi connectivity index (χ4v) is 1.65. The van der Waals surface area contributed by atoms with E-state index in [0.29, 0.717) is 11.3 Å². The number of nitrogens with zero attached hydrogens (tertiary/aromatic N) is 2. The SMILES string of the molecule is Cc1cc([N+](=O)[O-])c(NC[C@H](O)[C@H](O)[C@H](O)CO)nc1C. The van der Waals surface area contributed by atoms with Gasteiger partial charge in [-0.05, 0) is 19.4 Å². The van der Waals surface area contributed by atoms with Crippen LogP contribution in [0, 0.1) is 24.0 Å². The predicted octanol–water partition coefficient (Wildman–Crippen LogP) is -0.906. The summed E-state index contributed by atoms with van der Waals surface area (Å²) in [5.74, 6) is -0.0344. The second kappa shape index (κ2) is 7.27. The lowest BCUT2D eigenvalue weighted by Crippen LogP contribution is -2.43. The summed E-state index contributed by atoms with van der Waals surface area (Å²) in [6.45, 7) is 2.40. The molecule has 0 aromatic carbocycles. The summed E-state index contributed by atoms with van der Waals surface area (Å²) >= 11 is 0. The van der Waals surface area contributed by atoms with Gasteiger partial charge in [0.2, 0.25) is 5.82 Å². The number of nitro groups is 1. The van der Waals surface area contributed by atoms with E-state index in [9.17, 15) is 25.4 Å². The molecule has 0 saturated carbocycles. The van der Waals surface area contributed by atoms with E-state index in [-0.39, 0.29) is 18.1 Å². The van der Waals surface area contributed by atoms with E-state index in [1.165, 1.54) is 6.07 Å². The summed E-state index contributed by atoms with van der Waals surface area (Å²) in [4.78, 5) is 14.4. The molecule has 0 aliphatic rings. The second-order valence-corrected chi connectivity index (χ2v) is 4.70. The fourth-order valence-electron chi connectivity index (χ4n) is 1.65. The third-order valence-corrected chi connectivity index (χ3v) is 3.10. The summed E-state index contributed by atoms with van der Waals surface area (Å²) in [6.07, 6.45) is -4.49. The van der Waals surface area contributed by atoms with Crippen molar-refractivity contribution in [2.45, 2.75) is 32.2 Å². The number of hydrogen-bond donors (Lipinski definition) is 5. The standard InChI is InChI=1S/C12H19N3O6/c1-6-3-8(15(20)21)12(14-7(6)2)13-4-9(17)11(19)10(18)5-16/h3,9-11,16-19H,4-5H2,1-2H3,(H,13,14)/t9-,10+,11-/m0/s1. The highest BCUT2D eigenvalue weighted by Gasteiger charge is 2.25. The van der Waals surface area contributed by atoms with Crippen LogP contribution in [0.4, 0.5) is 11.5 Å². The van der Waals surface area contributed by atoms with Gasteiger partial charge in [-0.2, -0.15) is 0 Å². The van der Waals surface area contributed by atoms with E-state index in [4.69, 9.17) is 5.11 Å². The highest BCUT2D eigenvalue weighted by Crippen LogP contribution is 2.24. The highest BCUT2D eigenvalue weighted by atomic mass is 16.6. The van der Waals surface area contributed by atoms with E-state index >= 15 is 0 Å². The first-order valence-corrected chi connectivity index (χ1v) is 6.29. The zero-order valence-corrected chi connectivity index (χ0v) is 11.7. The molecule has 0 unspecified atom stereocenters. The summed E-state index contributed by atoms with van der Waals surface area (Å²) in [5, 5.41) is 50.6. The Morgan fingerprint density at radius 3 is 2.48 bits per heavy atom. The van der Waals surface area contributed by atoms with Crippen LogP contribution in [0.3, 0.4) is 0 Å². The van der Waals surface area contributed by atoms with Gasteiger partial charge in [0.05, 0.1) is 17.6 Å². The summed E-state index contributed by atoms with van der Waals surface area (Å²) in [7, 11) is 0. The first kappa shape index (κ1) is 17.2. The Kier molecular flexibility index (Phi) is 5.97. The zero-order chi connectivity index (χ0) is 16.2. The Morgan fingerprint density at radius 1 is 1.33 bits per heavy atom. The average Bonchev–Trinajstić information content (AvgIpc) is 2.45. The van der Waals surface area contributed by atoms with E-state index in [0.717, 1.165) is 0 Å². The van der Waals surface area contributed by atoms with Gasteiger partial charge >= 0.3 is 5.69 Å². The fraction of sp³-hybridized carbons (Fsp3) is 0.583. The normalized spacial score (nSPS) is 15.3. The topological polar surface area (TPSA) is 149 Å². The van der Waals surface area contributed by atoms with Crippen LogP contribution in [-0.2, 0) is 0 Å². The number of aliphatic hydroxyl groups is 4. The van der Waals surface area contributed by atoms with Crippen LogP contribution < -0.4 is 5.32 Å². The second-order valence-electron chi connectivity index (χ2n) is 4.70. The van der Waals surface area contributed by atoms with Crippen molar-refractivity contribution in [1.29, 1.82) is 0 Å². The molecule has 1 heterocycles. The van der Waals surface area contributed by atoms with Crippen LogP contribution in [0.25, 0.3) is 0 Å². The molecule has 21 heavy (non-hydrogen) atoms. The number of aromatic nitrogens is 1. The Bertz CT molecular complexity index is 510. The molecule has 1 aromatic heterocycles. The molecule has 3 atom stereocenters. The Morgan fingerprint density at radius 2 is 1.95 bits per heavy atom.